The molecule has 0 spiro atoms. The van der Waals surface area contributed by atoms with Crippen molar-refractivity contribution in [1.82, 2.24) is 9.97 Å². The van der Waals surface area contributed by atoms with E-state index in [0.717, 1.165) is 6.07 Å². The molecule has 0 radical (unpaired) electrons. The smallest absolute Gasteiger partial charge is 0.255 e. The zero-order chi connectivity index (χ0) is 17.8. The summed E-state index contributed by atoms with van der Waals surface area (Å²) in [6.45, 7) is 0. The van der Waals surface area contributed by atoms with Crippen LogP contribution in [-0.4, -0.2) is 15.9 Å². The summed E-state index contributed by atoms with van der Waals surface area (Å²) in [5.41, 5.74) is 1.21. The van der Waals surface area contributed by atoms with E-state index in [9.17, 15) is 14.0 Å². The van der Waals surface area contributed by atoms with E-state index in [2.05, 4.69) is 20.6 Å². The minimum absolute atomic E-state index is 0. The minimum atomic E-state index is -0.529. The van der Waals surface area contributed by atoms with Gasteiger partial charge in [-0.15, -0.1) is 12.4 Å². The Morgan fingerprint density at radius 2 is 2.00 bits per heavy atom. The van der Waals surface area contributed by atoms with E-state index >= 15 is 0 Å². The Morgan fingerprint density at radius 3 is 2.69 bits per heavy atom. The van der Waals surface area contributed by atoms with Crippen LogP contribution < -0.4 is 16.2 Å². The molecule has 2 heterocycles. The van der Waals surface area contributed by atoms with Crippen LogP contribution in [0.25, 0.3) is 0 Å². The third kappa shape index (κ3) is 4.59. The van der Waals surface area contributed by atoms with Gasteiger partial charge in [0, 0.05) is 24.0 Å². The number of pyridine rings is 2. The van der Waals surface area contributed by atoms with Gasteiger partial charge in [0.25, 0.3) is 5.91 Å². The van der Waals surface area contributed by atoms with E-state index in [0.29, 0.717) is 11.4 Å². The van der Waals surface area contributed by atoms with E-state index in [-0.39, 0.29) is 34.4 Å². The van der Waals surface area contributed by atoms with Gasteiger partial charge in [-0.2, -0.15) is 0 Å². The van der Waals surface area contributed by atoms with Crippen LogP contribution in [0.3, 0.4) is 0 Å². The number of hydrogen-bond acceptors (Lipinski definition) is 4. The molecular weight excluding hydrogens is 382 g/mol. The molecule has 0 saturated heterocycles. The van der Waals surface area contributed by atoms with Crippen molar-refractivity contribution >= 4 is 47.0 Å². The molecule has 3 aromatic rings. The lowest BCUT2D eigenvalue weighted by atomic mass is 10.2. The molecule has 6 nitrogen and oxygen atoms in total. The fourth-order valence-electron chi connectivity index (χ4n) is 2.12. The molecule has 0 bridgehead atoms. The molecule has 0 saturated carbocycles. The number of aromatic amines is 1. The number of hydrogen-bond donors (Lipinski definition) is 3. The Kier molecular flexibility index (Phi) is 6.32. The van der Waals surface area contributed by atoms with Crippen molar-refractivity contribution in [2.75, 3.05) is 10.6 Å². The van der Waals surface area contributed by atoms with Gasteiger partial charge in [-0.1, -0.05) is 17.7 Å². The number of carbonyl (C=O) groups is 1. The van der Waals surface area contributed by atoms with Crippen LogP contribution in [0.4, 0.5) is 21.5 Å². The first-order chi connectivity index (χ1) is 12.0. The van der Waals surface area contributed by atoms with Crippen LogP contribution in [0.2, 0.25) is 5.15 Å². The molecule has 3 rings (SSSR count). The van der Waals surface area contributed by atoms with E-state index < -0.39 is 11.7 Å². The maximum atomic E-state index is 13.3. The number of H-pyrrole nitrogens is 1. The van der Waals surface area contributed by atoms with Crippen LogP contribution in [-0.2, 0) is 0 Å². The zero-order valence-electron chi connectivity index (χ0n) is 13.1. The number of halogens is 3. The summed E-state index contributed by atoms with van der Waals surface area (Å²) in [6.07, 6.45) is 2.95. The first kappa shape index (κ1) is 19.4. The van der Waals surface area contributed by atoms with Crippen molar-refractivity contribution in [3.8, 4) is 0 Å². The first-order valence-electron chi connectivity index (χ1n) is 7.20. The topological polar surface area (TPSA) is 86.9 Å². The Balaban J connectivity index is 0.00000243. The third-order valence-corrected chi connectivity index (χ3v) is 3.58. The van der Waals surface area contributed by atoms with Gasteiger partial charge in [0.15, 0.2) is 5.15 Å². The first-order valence-corrected chi connectivity index (χ1v) is 7.58. The molecular formula is C17H13Cl2FN4O2. The van der Waals surface area contributed by atoms with Crippen molar-refractivity contribution in [2.45, 2.75) is 0 Å². The summed E-state index contributed by atoms with van der Waals surface area (Å²) < 4.78 is 13.3. The number of nitrogens with one attached hydrogen (secondary N) is 3. The van der Waals surface area contributed by atoms with Crippen molar-refractivity contribution in [3.05, 3.63) is 81.7 Å². The molecule has 0 atom stereocenters. The maximum absolute atomic E-state index is 13.3. The van der Waals surface area contributed by atoms with Crippen LogP contribution in [0.1, 0.15) is 10.4 Å². The number of carbonyl (C=O) groups excluding carboxylic acids is 1. The molecule has 1 amide bonds. The molecule has 0 aliphatic heterocycles. The predicted octanol–water partition coefficient (Wildman–Crippen LogP) is 3.98. The summed E-state index contributed by atoms with van der Waals surface area (Å²) in [6, 6.07) is 9.83. The van der Waals surface area contributed by atoms with Crippen molar-refractivity contribution in [1.29, 1.82) is 0 Å². The summed E-state index contributed by atoms with van der Waals surface area (Å²) in [5, 5.41) is 5.71. The highest BCUT2D eigenvalue weighted by Crippen LogP contribution is 2.30. The average Bonchev–Trinajstić information content (AvgIpc) is 2.60. The largest absolute Gasteiger partial charge is 0.352 e. The second-order valence-electron chi connectivity index (χ2n) is 5.06. The molecule has 9 heteroatoms. The zero-order valence-corrected chi connectivity index (χ0v) is 14.7. The summed E-state index contributed by atoms with van der Waals surface area (Å²) in [7, 11) is 0. The molecule has 0 fully saturated rings. The Morgan fingerprint density at radius 1 is 1.19 bits per heavy atom. The highest BCUT2D eigenvalue weighted by atomic mass is 35.5. The van der Waals surface area contributed by atoms with E-state index in [1.54, 1.807) is 12.1 Å². The lowest BCUT2D eigenvalue weighted by Gasteiger charge is -2.14. The molecule has 1 aromatic carbocycles. The van der Waals surface area contributed by atoms with Gasteiger partial charge in [0.05, 0.1) is 11.4 Å². The summed E-state index contributed by atoms with van der Waals surface area (Å²) >= 11 is 6.09. The van der Waals surface area contributed by atoms with Crippen LogP contribution >= 0.6 is 24.0 Å². The van der Waals surface area contributed by atoms with Crippen molar-refractivity contribution < 1.29 is 9.18 Å². The van der Waals surface area contributed by atoms with E-state index in [4.69, 9.17) is 11.6 Å². The lowest BCUT2D eigenvalue weighted by Crippen LogP contribution is -2.14. The fourth-order valence-corrected chi connectivity index (χ4v) is 2.32. The highest BCUT2D eigenvalue weighted by Gasteiger charge is 2.14. The third-order valence-electron chi connectivity index (χ3n) is 3.29. The van der Waals surface area contributed by atoms with E-state index in [1.807, 2.05) is 0 Å². The Bertz CT molecular complexity index is 974. The van der Waals surface area contributed by atoms with Gasteiger partial charge in [-0.25, -0.2) is 9.37 Å². The second-order valence-corrected chi connectivity index (χ2v) is 5.41. The van der Waals surface area contributed by atoms with Gasteiger partial charge in [0.1, 0.15) is 11.5 Å². The quantitative estimate of drug-likeness (QED) is 0.584. The van der Waals surface area contributed by atoms with Gasteiger partial charge < -0.3 is 15.6 Å². The van der Waals surface area contributed by atoms with Crippen LogP contribution in [0.5, 0.6) is 0 Å². The molecule has 0 unspecified atom stereocenters. The standard InChI is InChI=1S/C17H12ClFN4O2.ClH/c18-16-15(23-17(25)10-2-1-3-11(19)8-10)13(6-7-20-16)22-12-4-5-14(24)21-9-12;/h1-9H,(H,20,22)(H,21,24)(H,23,25);1H. The summed E-state index contributed by atoms with van der Waals surface area (Å²) in [5.74, 6) is -1.05. The number of benzene rings is 1. The maximum Gasteiger partial charge on any atom is 0.255 e. The Labute approximate surface area is 158 Å². The van der Waals surface area contributed by atoms with Gasteiger partial charge in [0.2, 0.25) is 5.56 Å². The van der Waals surface area contributed by atoms with Gasteiger partial charge in [-0.3, -0.25) is 9.59 Å². The van der Waals surface area contributed by atoms with Crippen molar-refractivity contribution in [2.24, 2.45) is 0 Å². The summed E-state index contributed by atoms with van der Waals surface area (Å²) in [4.78, 5) is 29.9. The lowest BCUT2D eigenvalue weighted by molar-refractivity contribution is 0.102. The van der Waals surface area contributed by atoms with Crippen LogP contribution in [0.15, 0.2) is 59.7 Å². The van der Waals surface area contributed by atoms with Crippen LogP contribution in [0, 0.1) is 5.82 Å². The number of aromatic nitrogens is 2. The number of rotatable bonds is 4. The highest BCUT2D eigenvalue weighted by molar-refractivity contribution is 6.33. The minimum Gasteiger partial charge on any atom is -0.352 e. The Hall–Kier alpha value is -2.90. The van der Waals surface area contributed by atoms with Gasteiger partial charge in [-0.05, 0) is 30.3 Å². The normalized spacial score (nSPS) is 9.92. The molecule has 2 aromatic heterocycles. The predicted molar refractivity (Wildman–Crippen MR) is 101 cm³/mol. The fraction of sp³-hybridized carbons (Fsp3) is 0. The number of amides is 1. The monoisotopic (exact) mass is 394 g/mol. The van der Waals surface area contributed by atoms with Gasteiger partial charge >= 0.3 is 0 Å². The SMILES string of the molecule is Cl.O=C(Nc1c(Nc2ccc(=O)[nH]c2)ccnc1Cl)c1cccc(F)c1. The second kappa shape index (κ2) is 8.46. The van der Waals surface area contributed by atoms with Crippen molar-refractivity contribution in [3.63, 3.8) is 0 Å². The molecule has 134 valence electrons. The van der Waals surface area contributed by atoms with E-state index in [1.165, 1.54) is 36.7 Å². The molecule has 26 heavy (non-hydrogen) atoms. The molecule has 0 aliphatic carbocycles. The number of nitrogens with zero attached hydrogens (tertiary/aromatic N) is 1. The molecule has 0 aliphatic rings. The average molecular weight is 395 g/mol. The molecule has 3 N–H and O–H groups in total. The number of anilines is 3.